The molecule has 0 saturated carbocycles. The van der Waals surface area contributed by atoms with Gasteiger partial charge < -0.3 is 10.4 Å². The molecule has 0 aliphatic rings. The molecule has 23 heavy (non-hydrogen) atoms. The molecule has 1 heterocycles. The highest BCUT2D eigenvalue weighted by atomic mass is 16.3. The Labute approximate surface area is 134 Å². The van der Waals surface area contributed by atoms with E-state index in [4.69, 9.17) is 0 Å². The third kappa shape index (κ3) is 3.10. The molecule has 2 aromatic carbocycles. The van der Waals surface area contributed by atoms with Crippen molar-refractivity contribution in [1.82, 2.24) is 15.5 Å². The number of aryl methyl sites for hydroxylation is 1. The molecule has 3 N–H and O–H groups in total. The third-order valence-corrected chi connectivity index (χ3v) is 3.92. The monoisotopic (exact) mass is 309 g/mol. The zero-order valence-electron chi connectivity index (χ0n) is 13.1. The van der Waals surface area contributed by atoms with E-state index in [-0.39, 0.29) is 12.5 Å². The molecular weight excluding hydrogens is 290 g/mol. The second-order valence-electron chi connectivity index (χ2n) is 5.94. The Kier molecular flexibility index (Phi) is 3.88. The summed E-state index contributed by atoms with van der Waals surface area (Å²) in [5.41, 5.74) is 1.83. The normalized spacial score (nSPS) is 13.7. The van der Waals surface area contributed by atoms with Gasteiger partial charge in [-0.25, -0.2) is 0 Å². The third-order valence-electron chi connectivity index (χ3n) is 3.92. The highest BCUT2D eigenvalue weighted by Crippen LogP contribution is 2.20. The number of H-pyrrole nitrogens is 1. The second-order valence-corrected chi connectivity index (χ2v) is 5.94. The van der Waals surface area contributed by atoms with E-state index in [1.165, 1.54) is 0 Å². The summed E-state index contributed by atoms with van der Waals surface area (Å²) >= 11 is 0. The Bertz CT molecular complexity index is 838. The van der Waals surface area contributed by atoms with Crippen molar-refractivity contribution in [2.24, 2.45) is 0 Å². The van der Waals surface area contributed by atoms with E-state index in [1.807, 2.05) is 55.5 Å². The van der Waals surface area contributed by atoms with E-state index in [9.17, 15) is 9.90 Å². The van der Waals surface area contributed by atoms with Crippen LogP contribution in [-0.2, 0) is 5.60 Å². The minimum absolute atomic E-state index is 0.107. The summed E-state index contributed by atoms with van der Waals surface area (Å²) in [5.74, 6) is -0.307. The van der Waals surface area contributed by atoms with Crippen molar-refractivity contribution < 1.29 is 9.90 Å². The molecule has 1 unspecified atom stereocenters. The number of aromatic nitrogens is 2. The fraction of sp³-hybridized carbons (Fsp3) is 0.222. The Balaban J connectivity index is 1.77. The number of aliphatic hydroxyl groups is 1. The minimum atomic E-state index is -1.14. The van der Waals surface area contributed by atoms with Crippen molar-refractivity contribution in [1.29, 1.82) is 0 Å². The van der Waals surface area contributed by atoms with Crippen LogP contribution in [-0.4, -0.2) is 27.8 Å². The van der Waals surface area contributed by atoms with Crippen molar-refractivity contribution >= 4 is 16.8 Å². The van der Waals surface area contributed by atoms with Crippen LogP contribution in [0.25, 0.3) is 10.9 Å². The summed E-state index contributed by atoms with van der Waals surface area (Å²) in [4.78, 5) is 12.4. The van der Waals surface area contributed by atoms with Crippen LogP contribution in [0.1, 0.15) is 28.5 Å². The molecule has 5 heteroatoms. The second kappa shape index (κ2) is 5.85. The molecule has 3 rings (SSSR count). The molecule has 0 aliphatic heterocycles. The lowest BCUT2D eigenvalue weighted by molar-refractivity contribution is 0.0525. The van der Waals surface area contributed by atoms with E-state index >= 15 is 0 Å². The first-order chi connectivity index (χ1) is 11.0. The summed E-state index contributed by atoms with van der Waals surface area (Å²) in [7, 11) is 0. The molecule has 1 aromatic heterocycles. The van der Waals surface area contributed by atoms with Crippen LogP contribution >= 0.6 is 0 Å². The van der Waals surface area contributed by atoms with Gasteiger partial charge in [-0.05, 0) is 31.5 Å². The van der Waals surface area contributed by atoms with Crippen molar-refractivity contribution in [3.63, 3.8) is 0 Å². The summed E-state index contributed by atoms with van der Waals surface area (Å²) in [5, 5.41) is 21.0. The van der Waals surface area contributed by atoms with E-state index in [2.05, 4.69) is 15.5 Å². The first kappa shape index (κ1) is 15.2. The topological polar surface area (TPSA) is 78.0 Å². The summed E-state index contributed by atoms with van der Waals surface area (Å²) in [6.07, 6.45) is 0. The van der Waals surface area contributed by atoms with Crippen LogP contribution < -0.4 is 5.32 Å². The molecular formula is C18H19N3O2. The number of benzene rings is 2. The van der Waals surface area contributed by atoms with Gasteiger partial charge in [0.2, 0.25) is 0 Å². The van der Waals surface area contributed by atoms with Crippen LogP contribution in [0.5, 0.6) is 0 Å². The number of amides is 1. The van der Waals surface area contributed by atoms with Crippen LogP contribution in [0.3, 0.4) is 0 Å². The fourth-order valence-electron chi connectivity index (χ4n) is 2.54. The largest absolute Gasteiger partial charge is 0.384 e. The van der Waals surface area contributed by atoms with Gasteiger partial charge in [-0.2, -0.15) is 5.10 Å². The molecule has 0 aliphatic carbocycles. The highest BCUT2D eigenvalue weighted by molar-refractivity contribution is 6.04. The molecule has 0 spiro atoms. The van der Waals surface area contributed by atoms with Crippen molar-refractivity contribution in [2.75, 3.05) is 6.54 Å². The zero-order valence-corrected chi connectivity index (χ0v) is 13.1. The zero-order chi connectivity index (χ0) is 16.4. The smallest absolute Gasteiger partial charge is 0.272 e. The Morgan fingerprint density at radius 2 is 2.00 bits per heavy atom. The van der Waals surface area contributed by atoms with Crippen molar-refractivity contribution in [3.05, 3.63) is 65.4 Å². The predicted molar refractivity (Wildman–Crippen MR) is 89.2 cm³/mol. The number of hydrogen-bond acceptors (Lipinski definition) is 3. The van der Waals surface area contributed by atoms with E-state index in [0.717, 1.165) is 22.0 Å². The molecule has 0 bridgehead atoms. The maximum absolute atomic E-state index is 12.4. The molecule has 0 fully saturated rings. The standard InChI is InChI=1S/C18H19N3O2/c1-12-8-9-15-14(10-12)16(21-20-15)17(22)19-11-18(2,23)13-6-4-3-5-7-13/h3-10,23H,11H2,1-2H3,(H,19,22)(H,20,21). The van der Waals surface area contributed by atoms with Crippen LogP contribution in [0.4, 0.5) is 0 Å². The quantitative estimate of drug-likeness (QED) is 0.693. The van der Waals surface area contributed by atoms with E-state index in [1.54, 1.807) is 6.92 Å². The van der Waals surface area contributed by atoms with Gasteiger partial charge in [0.05, 0.1) is 12.1 Å². The van der Waals surface area contributed by atoms with Crippen molar-refractivity contribution in [2.45, 2.75) is 19.4 Å². The first-order valence-corrected chi connectivity index (χ1v) is 7.48. The van der Waals surface area contributed by atoms with Gasteiger partial charge in [-0.15, -0.1) is 0 Å². The summed E-state index contributed by atoms with van der Waals surface area (Å²) < 4.78 is 0. The van der Waals surface area contributed by atoms with Crippen LogP contribution in [0.15, 0.2) is 48.5 Å². The number of aromatic amines is 1. The molecule has 118 valence electrons. The SMILES string of the molecule is Cc1ccc2[nH]nc(C(=O)NCC(C)(O)c3ccccc3)c2c1. The highest BCUT2D eigenvalue weighted by Gasteiger charge is 2.24. The van der Waals surface area contributed by atoms with Gasteiger partial charge in [0.25, 0.3) is 5.91 Å². The Morgan fingerprint density at radius 3 is 2.74 bits per heavy atom. The number of rotatable bonds is 4. The number of carbonyl (C=O) groups excluding carboxylic acids is 1. The van der Waals surface area contributed by atoms with Gasteiger partial charge in [-0.3, -0.25) is 9.89 Å². The molecule has 0 saturated heterocycles. The maximum atomic E-state index is 12.4. The average Bonchev–Trinajstić information content (AvgIpc) is 2.96. The molecule has 5 nitrogen and oxygen atoms in total. The molecule has 0 radical (unpaired) electrons. The van der Waals surface area contributed by atoms with Gasteiger partial charge in [0.15, 0.2) is 5.69 Å². The van der Waals surface area contributed by atoms with Crippen molar-refractivity contribution in [3.8, 4) is 0 Å². The average molecular weight is 309 g/mol. The minimum Gasteiger partial charge on any atom is -0.384 e. The summed E-state index contributed by atoms with van der Waals surface area (Å²) in [6.45, 7) is 3.75. The summed E-state index contributed by atoms with van der Waals surface area (Å²) in [6, 6.07) is 15.0. The predicted octanol–water partition coefficient (Wildman–Crippen LogP) is 2.51. The number of nitrogens with one attached hydrogen (secondary N) is 2. The molecule has 1 amide bonds. The van der Waals surface area contributed by atoms with Gasteiger partial charge >= 0.3 is 0 Å². The van der Waals surface area contributed by atoms with Crippen LogP contribution in [0, 0.1) is 6.92 Å². The fourth-order valence-corrected chi connectivity index (χ4v) is 2.54. The van der Waals surface area contributed by atoms with Gasteiger partial charge in [0.1, 0.15) is 5.60 Å². The maximum Gasteiger partial charge on any atom is 0.272 e. The number of carbonyl (C=O) groups is 1. The van der Waals surface area contributed by atoms with Gasteiger partial charge in [-0.1, -0.05) is 42.0 Å². The molecule has 1 atom stereocenters. The first-order valence-electron chi connectivity index (χ1n) is 7.48. The lowest BCUT2D eigenvalue weighted by Crippen LogP contribution is -2.38. The lowest BCUT2D eigenvalue weighted by atomic mass is 9.96. The number of hydrogen-bond donors (Lipinski definition) is 3. The number of nitrogens with zero attached hydrogens (tertiary/aromatic N) is 1. The lowest BCUT2D eigenvalue weighted by Gasteiger charge is -2.24. The Morgan fingerprint density at radius 1 is 1.26 bits per heavy atom. The number of fused-ring (bicyclic) bond motifs is 1. The molecule has 3 aromatic rings. The van der Waals surface area contributed by atoms with E-state index < -0.39 is 5.60 Å². The van der Waals surface area contributed by atoms with Gasteiger partial charge in [0, 0.05) is 5.39 Å². The van der Waals surface area contributed by atoms with E-state index in [0.29, 0.717) is 5.69 Å². The van der Waals surface area contributed by atoms with Crippen LogP contribution in [0.2, 0.25) is 0 Å². The Hall–Kier alpha value is -2.66.